The zero-order valence-corrected chi connectivity index (χ0v) is 9.10. The monoisotopic (exact) mass is 222 g/mol. The molecule has 1 aliphatic heterocycles. The molecular weight excluding hydrogens is 208 g/mol. The molecule has 4 heteroatoms. The third-order valence-electron chi connectivity index (χ3n) is 2.95. The predicted molar refractivity (Wildman–Crippen MR) is 57.2 cm³/mol. The van der Waals surface area contributed by atoms with Crippen molar-refractivity contribution in [1.29, 1.82) is 0 Å². The highest BCUT2D eigenvalue weighted by molar-refractivity contribution is 5.71. The molecule has 0 atom stereocenters. The highest BCUT2D eigenvalue weighted by atomic mass is 16.5. The first kappa shape index (κ1) is 11.0. The number of phenolic OH excluding ortho intramolecular Hbond substituents is 1. The van der Waals surface area contributed by atoms with E-state index in [1.54, 1.807) is 12.1 Å². The van der Waals surface area contributed by atoms with Gasteiger partial charge in [0.25, 0.3) is 0 Å². The normalized spacial score (nSPS) is 17.6. The number of carbonyl (C=O) groups excluding carboxylic acids is 1. The molecule has 1 N–H and O–H groups in total. The SMILES string of the molecule is COC(=O)CC1(c2ccc(O)cc2)COC1. The zero-order chi connectivity index (χ0) is 11.6. The van der Waals surface area contributed by atoms with E-state index in [0.29, 0.717) is 19.6 Å². The van der Waals surface area contributed by atoms with Crippen LogP contribution >= 0.6 is 0 Å². The summed E-state index contributed by atoms with van der Waals surface area (Å²) < 4.78 is 9.88. The van der Waals surface area contributed by atoms with Crippen LogP contribution < -0.4 is 0 Å². The van der Waals surface area contributed by atoms with E-state index < -0.39 is 0 Å². The summed E-state index contributed by atoms with van der Waals surface area (Å²) in [4.78, 5) is 11.3. The molecule has 0 aliphatic carbocycles. The number of hydrogen-bond donors (Lipinski definition) is 1. The first-order valence-corrected chi connectivity index (χ1v) is 5.10. The number of hydrogen-bond acceptors (Lipinski definition) is 4. The highest BCUT2D eigenvalue weighted by Crippen LogP contribution is 2.36. The molecule has 0 amide bonds. The second-order valence-electron chi connectivity index (χ2n) is 4.07. The number of phenols is 1. The Morgan fingerprint density at radius 1 is 1.44 bits per heavy atom. The lowest BCUT2D eigenvalue weighted by molar-refractivity contribution is -0.148. The number of carbonyl (C=O) groups is 1. The van der Waals surface area contributed by atoms with Crippen LogP contribution in [0, 0.1) is 0 Å². The molecule has 0 aromatic heterocycles. The van der Waals surface area contributed by atoms with Gasteiger partial charge in [-0.15, -0.1) is 0 Å². The van der Waals surface area contributed by atoms with Gasteiger partial charge in [0.15, 0.2) is 0 Å². The van der Waals surface area contributed by atoms with E-state index in [9.17, 15) is 9.90 Å². The van der Waals surface area contributed by atoms with Gasteiger partial charge >= 0.3 is 5.97 Å². The molecule has 1 heterocycles. The van der Waals surface area contributed by atoms with Crippen molar-refractivity contribution < 1.29 is 19.4 Å². The first-order valence-electron chi connectivity index (χ1n) is 5.10. The number of ether oxygens (including phenoxy) is 2. The third-order valence-corrected chi connectivity index (χ3v) is 2.95. The van der Waals surface area contributed by atoms with Gasteiger partial charge < -0.3 is 14.6 Å². The Morgan fingerprint density at radius 3 is 2.50 bits per heavy atom. The van der Waals surface area contributed by atoms with Crippen molar-refractivity contribution in [1.82, 2.24) is 0 Å². The second-order valence-corrected chi connectivity index (χ2v) is 4.07. The van der Waals surface area contributed by atoms with Crippen LogP contribution in [0.2, 0.25) is 0 Å². The molecule has 2 rings (SSSR count). The van der Waals surface area contributed by atoms with Crippen molar-refractivity contribution in [2.45, 2.75) is 11.8 Å². The van der Waals surface area contributed by atoms with Gasteiger partial charge in [-0.05, 0) is 17.7 Å². The van der Waals surface area contributed by atoms with Gasteiger partial charge in [0.1, 0.15) is 5.75 Å². The lowest BCUT2D eigenvalue weighted by atomic mass is 9.76. The van der Waals surface area contributed by atoms with Crippen molar-refractivity contribution >= 4 is 5.97 Å². The minimum absolute atomic E-state index is 0.220. The molecule has 0 saturated carbocycles. The van der Waals surface area contributed by atoms with Crippen molar-refractivity contribution in [3.63, 3.8) is 0 Å². The minimum atomic E-state index is -0.277. The van der Waals surface area contributed by atoms with Crippen molar-refractivity contribution in [2.24, 2.45) is 0 Å². The maximum Gasteiger partial charge on any atom is 0.306 e. The molecular formula is C12H14O4. The van der Waals surface area contributed by atoms with Gasteiger partial charge in [-0.25, -0.2) is 0 Å². The van der Waals surface area contributed by atoms with Crippen LogP contribution in [0.4, 0.5) is 0 Å². The van der Waals surface area contributed by atoms with Gasteiger partial charge in [-0.2, -0.15) is 0 Å². The number of benzene rings is 1. The fraction of sp³-hybridized carbons (Fsp3) is 0.417. The Labute approximate surface area is 93.8 Å². The number of rotatable bonds is 3. The summed E-state index contributed by atoms with van der Waals surface area (Å²) in [6.45, 7) is 1.04. The predicted octanol–water partition coefficient (Wildman–Crippen LogP) is 1.22. The minimum Gasteiger partial charge on any atom is -0.508 e. The van der Waals surface area contributed by atoms with Crippen molar-refractivity contribution in [3.8, 4) is 5.75 Å². The number of aromatic hydroxyl groups is 1. The Bertz CT molecular complexity index is 379. The first-order chi connectivity index (χ1) is 7.66. The summed E-state index contributed by atoms with van der Waals surface area (Å²) in [7, 11) is 1.38. The summed E-state index contributed by atoms with van der Waals surface area (Å²) in [5.74, 6) is -0.0198. The van der Waals surface area contributed by atoms with Gasteiger partial charge in [-0.3, -0.25) is 4.79 Å². The third kappa shape index (κ3) is 1.88. The topological polar surface area (TPSA) is 55.8 Å². The van der Waals surface area contributed by atoms with Crippen LogP contribution in [-0.4, -0.2) is 31.4 Å². The maximum absolute atomic E-state index is 11.3. The molecule has 0 unspecified atom stereocenters. The van der Waals surface area contributed by atoms with E-state index in [2.05, 4.69) is 4.74 Å². The maximum atomic E-state index is 11.3. The van der Waals surface area contributed by atoms with Gasteiger partial charge in [-0.1, -0.05) is 12.1 Å². The fourth-order valence-electron chi connectivity index (χ4n) is 1.88. The Kier molecular flexibility index (Phi) is 2.83. The van der Waals surface area contributed by atoms with E-state index in [0.717, 1.165) is 5.56 Å². The van der Waals surface area contributed by atoms with E-state index in [4.69, 9.17) is 4.74 Å². The lowest BCUT2D eigenvalue weighted by Crippen LogP contribution is -2.48. The Morgan fingerprint density at radius 2 is 2.06 bits per heavy atom. The molecule has 0 spiro atoms. The second kappa shape index (κ2) is 4.14. The molecule has 1 aliphatic rings. The summed E-state index contributed by atoms with van der Waals surface area (Å²) in [6.07, 6.45) is 0.314. The summed E-state index contributed by atoms with van der Waals surface area (Å²) in [5.41, 5.74) is 0.725. The van der Waals surface area contributed by atoms with Gasteiger partial charge in [0.05, 0.1) is 32.2 Å². The molecule has 1 aromatic rings. The molecule has 1 aromatic carbocycles. The Hall–Kier alpha value is -1.55. The molecule has 4 nitrogen and oxygen atoms in total. The molecule has 86 valence electrons. The van der Waals surface area contributed by atoms with Crippen LogP contribution in [0.25, 0.3) is 0 Å². The molecule has 0 radical (unpaired) electrons. The summed E-state index contributed by atoms with van der Waals surface area (Å²) >= 11 is 0. The smallest absolute Gasteiger partial charge is 0.306 e. The Balaban J connectivity index is 2.21. The highest BCUT2D eigenvalue weighted by Gasteiger charge is 2.42. The van der Waals surface area contributed by atoms with Crippen molar-refractivity contribution in [3.05, 3.63) is 29.8 Å². The van der Waals surface area contributed by atoms with Gasteiger partial charge in [0.2, 0.25) is 0 Å². The van der Waals surface area contributed by atoms with E-state index >= 15 is 0 Å². The van der Waals surface area contributed by atoms with E-state index in [1.165, 1.54) is 7.11 Å². The standard InChI is InChI=1S/C12H14O4/c1-15-11(14)6-12(7-16-8-12)9-2-4-10(13)5-3-9/h2-5,13H,6-8H2,1H3. The van der Waals surface area contributed by atoms with Crippen LogP contribution in [0.15, 0.2) is 24.3 Å². The molecule has 1 saturated heterocycles. The van der Waals surface area contributed by atoms with E-state index in [1.807, 2.05) is 12.1 Å². The van der Waals surface area contributed by atoms with Gasteiger partial charge in [0, 0.05) is 0 Å². The van der Waals surface area contributed by atoms with Crippen molar-refractivity contribution in [2.75, 3.05) is 20.3 Å². The van der Waals surface area contributed by atoms with Crippen LogP contribution in [0.5, 0.6) is 5.75 Å². The molecule has 0 bridgehead atoms. The summed E-state index contributed by atoms with van der Waals surface area (Å²) in [5, 5.41) is 9.22. The quantitative estimate of drug-likeness (QED) is 0.781. The molecule has 16 heavy (non-hydrogen) atoms. The van der Waals surface area contributed by atoms with Crippen LogP contribution in [0.3, 0.4) is 0 Å². The molecule has 1 fully saturated rings. The lowest BCUT2D eigenvalue weighted by Gasteiger charge is -2.41. The summed E-state index contributed by atoms with van der Waals surface area (Å²) in [6, 6.07) is 6.88. The zero-order valence-electron chi connectivity index (χ0n) is 9.10. The fourth-order valence-corrected chi connectivity index (χ4v) is 1.88. The average Bonchev–Trinajstić information content (AvgIpc) is 2.24. The van der Waals surface area contributed by atoms with E-state index in [-0.39, 0.29) is 17.1 Å². The average molecular weight is 222 g/mol. The largest absolute Gasteiger partial charge is 0.508 e. The number of methoxy groups -OCH3 is 1. The number of esters is 1. The van der Waals surface area contributed by atoms with Crippen LogP contribution in [0.1, 0.15) is 12.0 Å². The van der Waals surface area contributed by atoms with Crippen LogP contribution in [-0.2, 0) is 19.7 Å².